The molecule has 3 heteroatoms. The number of rotatable bonds is 2. The molecule has 0 radical (unpaired) electrons. The summed E-state index contributed by atoms with van der Waals surface area (Å²) in [5.41, 5.74) is 2.87. The molecule has 2 aliphatic rings. The number of para-hydroxylation sites is 1. The third-order valence-electron chi connectivity index (χ3n) is 5.74. The van der Waals surface area contributed by atoms with Gasteiger partial charge in [0, 0.05) is 24.2 Å². The molecule has 1 amide bonds. The highest BCUT2D eigenvalue weighted by Gasteiger charge is 2.41. The SMILES string of the molecule is O=C(c1ccc(-c2ccccc2O)cc1)N1CCC2(CCCC2)C1. The number of carbonyl (C=O) groups is 1. The Kier molecular flexibility index (Phi) is 3.79. The molecule has 2 aromatic rings. The van der Waals surface area contributed by atoms with Crippen molar-refractivity contribution in [3.05, 3.63) is 54.1 Å². The predicted molar refractivity (Wildman–Crippen MR) is 95.0 cm³/mol. The van der Waals surface area contributed by atoms with Gasteiger partial charge in [-0.05, 0) is 48.4 Å². The maximum absolute atomic E-state index is 12.8. The summed E-state index contributed by atoms with van der Waals surface area (Å²) in [7, 11) is 0. The van der Waals surface area contributed by atoms with Gasteiger partial charge in [-0.15, -0.1) is 0 Å². The molecule has 2 aromatic carbocycles. The topological polar surface area (TPSA) is 40.5 Å². The molecule has 124 valence electrons. The maximum atomic E-state index is 12.8. The van der Waals surface area contributed by atoms with Gasteiger partial charge in [0.25, 0.3) is 5.91 Å². The summed E-state index contributed by atoms with van der Waals surface area (Å²) in [5.74, 6) is 0.405. The van der Waals surface area contributed by atoms with E-state index in [1.165, 1.54) is 25.7 Å². The van der Waals surface area contributed by atoms with E-state index in [9.17, 15) is 9.90 Å². The van der Waals surface area contributed by atoms with Gasteiger partial charge in [-0.2, -0.15) is 0 Å². The van der Waals surface area contributed by atoms with E-state index in [1.807, 2.05) is 47.4 Å². The summed E-state index contributed by atoms with van der Waals surface area (Å²) >= 11 is 0. The first-order valence-electron chi connectivity index (χ1n) is 8.85. The zero-order valence-electron chi connectivity index (χ0n) is 13.9. The highest BCUT2D eigenvalue weighted by Crippen LogP contribution is 2.45. The minimum absolute atomic E-state index is 0.141. The van der Waals surface area contributed by atoms with Gasteiger partial charge in [0.1, 0.15) is 5.75 Å². The molecule has 0 atom stereocenters. The molecule has 1 saturated carbocycles. The smallest absolute Gasteiger partial charge is 0.253 e. The molecule has 1 aliphatic carbocycles. The number of nitrogens with zero attached hydrogens (tertiary/aromatic N) is 1. The van der Waals surface area contributed by atoms with Crippen LogP contribution in [0.2, 0.25) is 0 Å². The number of benzene rings is 2. The molecule has 1 saturated heterocycles. The van der Waals surface area contributed by atoms with Gasteiger partial charge in [-0.1, -0.05) is 43.2 Å². The predicted octanol–water partition coefficient (Wildman–Crippen LogP) is 4.47. The van der Waals surface area contributed by atoms with E-state index < -0.39 is 0 Å². The van der Waals surface area contributed by atoms with E-state index in [0.29, 0.717) is 5.41 Å². The largest absolute Gasteiger partial charge is 0.507 e. The van der Waals surface area contributed by atoms with Gasteiger partial charge in [0.15, 0.2) is 0 Å². The van der Waals surface area contributed by atoms with Crippen molar-refractivity contribution < 1.29 is 9.90 Å². The Hall–Kier alpha value is -2.29. The number of likely N-dealkylation sites (tertiary alicyclic amines) is 1. The Morgan fingerprint density at radius 2 is 1.67 bits per heavy atom. The second-order valence-corrected chi connectivity index (χ2v) is 7.28. The summed E-state index contributed by atoms with van der Waals surface area (Å²) in [6.07, 6.45) is 6.36. The Labute approximate surface area is 142 Å². The second-order valence-electron chi connectivity index (χ2n) is 7.28. The van der Waals surface area contributed by atoms with Crippen LogP contribution < -0.4 is 0 Å². The van der Waals surface area contributed by atoms with E-state index in [-0.39, 0.29) is 11.7 Å². The number of carbonyl (C=O) groups excluding carboxylic acids is 1. The molecular formula is C21H23NO2. The monoisotopic (exact) mass is 321 g/mol. The van der Waals surface area contributed by atoms with Crippen molar-refractivity contribution in [2.45, 2.75) is 32.1 Å². The lowest BCUT2D eigenvalue weighted by molar-refractivity contribution is 0.0773. The summed E-state index contributed by atoms with van der Waals surface area (Å²) < 4.78 is 0. The van der Waals surface area contributed by atoms with Gasteiger partial charge < -0.3 is 10.0 Å². The Balaban J connectivity index is 1.51. The molecule has 1 N–H and O–H groups in total. The number of hydrogen-bond acceptors (Lipinski definition) is 2. The van der Waals surface area contributed by atoms with Crippen molar-refractivity contribution >= 4 is 5.91 Å². The summed E-state index contributed by atoms with van der Waals surface area (Å²) in [4.78, 5) is 14.8. The Morgan fingerprint density at radius 3 is 2.38 bits per heavy atom. The molecule has 1 aliphatic heterocycles. The van der Waals surface area contributed by atoms with E-state index in [4.69, 9.17) is 0 Å². The third-order valence-corrected chi connectivity index (χ3v) is 5.74. The number of hydrogen-bond donors (Lipinski definition) is 1. The fraction of sp³-hybridized carbons (Fsp3) is 0.381. The average Bonchev–Trinajstić information content (AvgIpc) is 3.25. The quantitative estimate of drug-likeness (QED) is 0.887. The summed E-state index contributed by atoms with van der Waals surface area (Å²) in [5, 5.41) is 9.96. The fourth-order valence-corrected chi connectivity index (χ4v) is 4.33. The Bertz CT molecular complexity index is 745. The maximum Gasteiger partial charge on any atom is 0.253 e. The van der Waals surface area contributed by atoms with Crippen molar-refractivity contribution in [2.24, 2.45) is 5.41 Å². The van der Waals surface area contributed by atoms with Crippen LogP contribution in [0.5, 0.6) is 5.75 Å². The minimum Gasteiger partial charge on any atom is -0.507 e. The van der Waals surface area contributed by atoms with E-state index >= 15 is 0 Å². The molecule has 1 heterocycles. The normalized spacial score (nSPS) is 19.1. The van der Waals surface area contributed by atoms with E-state index in [1.54, 1.807) is 6.07 Å². The summed E-state index contributed by atoms with van der Waals surface area (Å²) in [6.45, 7) is 1.81. The highest BCUT2D eigenvalue weighted by molar-refractivity contribution is 5.95. The second kappa shape index (κ2) is 5.97. The van der Waals surface area contributed by atoms with Crippen molar-refractivity contribution in [1.82, 2.24) is 4.90 Å². The van der Waals surface area contributed by atoms with Gasteiger partial charge in [-0.3, -0.25) is 4.79 Å². The first-order valence-corrected chi connectivity index (χ1v) is 8.85. The molecule has 0 unspecified atom stereocenters. The number of aromatic hydroxyl groups is 1. The zero-order chi connectivity index (χ0) is 16.6. The molecule has 24 heavy (non-hydrogen) atoms. The molecule has 4 rings (SSSR count). The first kappa shape index (κ1) is 15.3. The number of amides is 1. The van der Waals surface area contributed by atoms with E-state index in [0.717, 1.165) is 36.2 Å². The third kappa shape index (κ3) is 2.68. The number of phenolic OH excluding ortho intramolecular Hbond substituents is 1. The lowest BCUT2D eigenvalue weighted by atomic mass is 9.86. The lowest BCUT2D eigenvalue weighted by Gasteiger charge is -2.23. The van der Waals surface area contributed by atoms with E-state index in [2.05, 4.69) is 0 Å². The van der Waals surface area contributed by atoms with Crippen LogP contribution in [0.3, 0.4) is 0 Å². The number of phenols is 1. The Morgan fingerprint density at radius 1 is 0.958 bits per heavy atom. The average molecular weight is 321 g/mol. The highest BCUT2D eigenvalue weighted by atomic mass is 16.3. The molecule has 3 nitrogen and oxygen atoms in total. The van der Waals surface area contributed by atoms with Gasteiger partial charge in [0.05, 0.1) is 0 Å². The molecule has 1 spiro atoms. The lowest BCUT2D eigenvalue weighted by Crippen LogP contribution is -2.31. The van der Waals surface area contributed by atoms with Gasteiger partial charge >= 0.3 is 0 Å². The van der Waals surface area contributed by atoms with Crippen molar-refractivity contribution in [3.63, 3.8) is 0 Å². The molecule has 0 aromatic heterocycles. The van der Waals surface area contributed by atoms with Crippen molar-refractivity contribution in [2.75, 3.05) is 13.1 Å². The van der Waals surface area contributed by atoms with Crippen LogP contribution in [0, 0.1) is 5.41 Å². The van der Waals surface area contributed by atoms with Crippen LogP contribution in [0.25, 0.3) is 11.1 Å². The minimum atomic E-state index is 0.141. The van der Waals surface area contributed by atoms with Crippen molar-refractivity contribution in [1.29, 1.82) is 0 Å². The molecule has 2 fully saturated rings. The van der Waals surface area contributed by atoms with Gasteiger partial charge in [-0.25, -0.2) is 0 Å². The van der Waals surface area contributed by atoms with Crippen LogP contribution in [-0.2, 0) is 0 Å². The van der Waals surface area contributed by atoms with Crippen LogP contribution in [0.1, 0.15) is 42.5 Å². The van der Waals surface area contributed by atoms with Crippen LogP contribution in [-0.4, -0.2) is 29.0 Å². The zero-order valence-corrected chi connectivity index (χ0v) is 13.9. The van der Waals surface area contributed by atoms with Crippen LogP contribution in [0.4, 0.5) is 0 Å². The van der Waals surface area contributed by atoms with Crippen molar-refractivity contribution in [3.8, 4) is 16.9 Å². The fourth-order valence-electron chi connectivity index (χ4n) is 4.33. The first-order chi connectivity index (χ1) is 11.7. The molecule has 0 bridgehead atoms. The summed E-state index contributed by atoms with van der Waals surface area (Å²) in [6, 6.07) is 14.9. The molecular weight excluding hydrogens is 298 g/mol. The standard InChI is InChI=1S/C21H23NO2/c23-19-6-2-1-5-18(19)16-7-9-17(10-8-16)20(24)22-14-13-21(15-22)11-3-4-12-21/h1-2,5-10,23H,3-4,11-15H2. The van der Waals surface area contributed by atoms with Crippen LogP contribution >= 0.6 is 0 Å². The van der Waals surface area contributed by atoms with Crippen LogP contribution in [0.15, 0.2) is 48.5 Å². The van der Waals surface area contributed by atoms with Gasteiger partial charge in [0.2, 0.25) is 0 Å².